The van der Waals surface area contributed by atoms with Gasteiger partial charge in [-0.3, -0.25) is 4.79 Å². The van der Waals surface area contributed by atoms with E-state index in [1.165, 1.54) is 6.07 Å². The number of halogens is 2. The third-order valence-corrected chi connectivity index (χ3v) is 3.74. The smallest absolute Gasteiger partial charge is 0.224 e. The van der Waals surface area contributed by atoms with Crippen LogP contribution in [0.1, 0.15) is 33.1 Å². The maximum Gasteiger partial charge on any atom is 0.224 e. The first-order valence-corrected chi connectivity index (χ1v) is 7.09. The molecule has 106 valence electrons. The Hall–Kier alpha value is -0.940. The predicted octanol–water partition coefficient (Wildman–Crippen LogP) is 3.68. The number of carbonyl (C=O) groups excluding carboxylic acids is 1. The molecule has 0 spiro atoms. The third kappa shape index (κ3) is 5.28. The van der Waals surface area contributed by atoms with Crippen LogP contribution in [-0.4, -0.2) is 12.5 Å². The lowest BCUT2D eigenvalue weighted by Gasteiger charge is -2.23. The number of benzene rings is 1. The van der Waals surface area contributed by atoms with Crippen molar-refractivity contribution in [2.24, 2.45) is 11.1 Å². The zero-order valence-electron chi connectivity index (χ0n) is 11.3. The van der Waals surface area contributed by atoms with Crippen molar-refractivity contribution in [1.29, 1.82) is 0 Å². The molecule has 0 atom stereocenters. The summed E-state index contributed by atoms with van der Waals surface area (Å²) in [4.78, 5) is 11.8. The molecule has 0 aliphatic carbocycles. The zero-order valence-corrected chi connectivity index (χ0v) is 12.9. The Labute approximate surface area is 121 Å². The first-order valence-electron chi connectivity index (χ1n) is 6.30. The molecule has 0 heterocycles. The van der Waals surface area contributed by atoms with Gasteiger partial charge < -0.3 is 11.1 Å². The number of nitrogens with two attached hydrogens (primary N) is 1. The van der Waals surface area contributed by atoms with Crippen LogP contribution in [0, 0.1) is 11.2 Å². The van der Waals surface area contributed by atoms with Gasteiger partial charge in [0.25, 0.3) is 0 Å². The van der Waals surface area contributed by atoms with Gasteiger partial charge in [-0.05, 0) is 52.9 Å². The summed E-state index contributed by atoms with van der Waals surface area (Å²) in [5.74, 6) is -0.625. The Morgan fingerprint density at radius 1 is 1.42 bits per heavy atom. The fourth-order valence-electron chi connectivity index (χ4n) is 1.79. The lowest BCUT2D eigenvalue weighted by atomic mass is 9.84. The van der Waals surface area contributed by atoms with Gasteiger partial charge in [0.15, 0.2) is 0 Å². The molecule has 3 nitrogen and oxygen atoms in total. The molecule has 19 heavy (non-hydrogen) atoms. The van der Waals surface area contributed by atoms with E-state index >= 15 is 0 Å². The van der Waals surface area contributed by atoms with Crippen LogP contribution < -0.4 is 11.1 Å². The number of amides is 1. The van der Waals surface area contributed by atoms with Gasteiger partial charge in [0.1, 0.15) is 5.82 Å². The summed E-state index contributed by atoms with van der Waals surface area (Å²) in [7, 11) is 0. The SMILES string of the molecule is CC(C)(CCN)CCC(=O)Nc1c(F)cccc1Br. The fourth-order valence-corrected chi connectivity index (χ4v) is 2.23. The van der Waals surface area contributed by atoms with Crippen molar-refractivity contribution in [3.8, 4) is 0 Å². The van der Waals surface area contributed by atoms with Gasteiger partial charge in [-0.15, -0.1) is 0 Å². The number of anilines is 1. The zero-order chi connectivity index (χ0) is 14.5. The molecular weight excluding hydrogens is 311 g/mol. The van der Waals surface area contributed by atoms with Gasteiger partial charge in [-0.2, -0.15) is 0 Å². The Bertz CT molecular complexity index is 429. The third-order valence-electron chi connectivity index (χ3n) is 3.08. The lowest BCUT2D eigenvalue weighted by molar-refractivity contribution is -0.116. The highest BCUT2D eigenvalue weighted by atomic mass is 79.9. The summed E-state index contributed by atoms with van der Waals surface area (Å²) in [5, 5.41) is 2.60. The molecule has 0 saturated carbocycles. The van der Waals surface area contributed by atoms with E-state index in [9.17, 15) is 9.18 Å². The summed E-state index contributed by atoms with van der Waals surface area (Å²) < 4.78 is 14.1. The van der Waals surface area contributed by atoms with E-state index in [1.54, 1.807) is 12.1 Å². The fraction of sp³-hybridized carbons (Fsp3) is 0.500. The van der Waals surface area contributed by atoms with Crippen LogP contribution in [0.25, 0.3) is 0 Å². The van der Waals surface area contributed by atoms with Crippen molar-refractivity contribution in [3.05, 3.63) is 28.5 Å². The van der Waals surface area contributed by atoms with Crippen molar-refractivity contribution in [1.82, 2.24) is 0 Å². The second kappa shape index (κ2) is 7.01. The molecule has 0 saturated heterocycles. The minimum Gasteiger partial charge on any atom is -0.330 e. The first kappa shape index (κ1) is 16.1. The van der Waals surface area contributed by atoms with E-state index in [0.717, 1.165) is 12.8 Å². The summed E-state index contributed by atoms with van der Waals surface area (Å²) in [6.07, 6.45) is 1.94. The average molecular weight is 331 g/mol. The first-order chi connectivity index (χ1) is 8.85. The summed E-state index contributed by atoms with van der Waals surface area (Å²) in [6, 6.07) is 4.59. The van der Waals surface area contributed by atoms with Crippen LogP contribution in [0.5, 0.6) is 0 Å². The summed E-state index contributed by atoms with van der Waals surface area (Å²) >= 11 is 3.22. The maximum atomic E-state index is 13.5. The molecule has 5 heteroatoms. The Morgan fingerprint density at radius 2 is 2.11 bits per heavy atom. The molecule has 1 aromatic rings. The predicted molar refractivity (Wildman–Crippen MR) is 79.4 cm³/mol. The van der Waals surface area contributed by atoms with E-state index in [4.69, 9.17) is 5.73 Å². The normalized spacial score (nSPS) is 11.4. The van der Waals surface area contributed by atoms with Crippen molar-refractivity contribution < 1.29 is 9.18 Å². The standard InChI is InChI=1S/C14H20BrFN2O/c1-14(2,8-9-17)7-6-12(19)18-13-10(15)4-3-5-11(13)16/h3-5H,6-9,17H2,1-2H3,(H,18,19). The molecule has 0 aliphatic heterocycles. The molecule has 0 aliphatic rings. The summed E-state index contributed by atoms with van der Waals surface area (Å²) in [5.41, 5.74) is 5.75. The monoisotopic (exact) mass is 330 g/mol. The number of nitrogens with one attached hydrogen (secondary N) is 1. The topological polar surface area (TPSA) is 55.1 Å². The van der Waals surface area contributed by atoms with Crippen LogP contribution >= 0.6 is 15.9 Å². The molecule has 1 amide bonds. The highest BCUT2D eigenvalue weighted by Gasteiger charge is 2.19. The summed E-state index contributed by atoms with van der Waals surface area (Å²) in [6.45, 7) is 4.76. The molecule has 0 unspecified atom stereocenters. The van der Waals surface area contributed by atoms with Crippen molar-refractivity contribution in [2.45, 2.75) is 33.1 Å². The minimum absolute atomic E-state index is 0.0263. The lowest BCUT2D eigenvalue weighted by Crippen LogP contribution is -2.21. The van der Waals surface area contributed by atoms with Crippen molar-refractivity contribution in [3.63, 3.8) is 0 Å². The second-order valence-corrected chi connectivity index (χ2v) is 6.20. The van der Waals surface area contributed by atoms with Gasteiger partial charge in [-0.25, -0.2) is 4.39 Å². The molecular formula is C14H20BrFN2O. The van der Waals surface area contributed by atoms with Gasteiger partial charge in [0.2, 0.25) is 5.91 Å². The molecule has 1 aromatic carbocycles. The Morgan fingerprint density at radius 3 is 2.68 bits per heavy atom. The molecule has 0 radical (unpaired) electrons. The van der Waals surface area contributed by atoms with Crippen molar-refractivity contribution >= 4 is 27.5 Å². The highest BCUT2D eigenvalue weighted by molar-refractivity contribution is 9.10. The average Bonchev–Trinajstić information content (AvgIpc) is 2.32. The van der Waals surface area contributed by atoms with Crippen LogP contribution in [0.2, 0.25) is 0 Å². The van der Waals surface area contributed by atoms with Gasteiger partial charge in [-0.1, -0.05) is 19.9 Å². The number of hydrogen-bond acceptors (Lipinski definition) is 2. The number of rotatable bonds is 6. The van der Waals surface area contributed by atoms with Gasteiger partial charge in [0.05, 0.1) is 5.69 Å². The Balaban J connectivity index is 2.57. The molecule has 0 bridgehead atoms. The van der Waals surface area contributed by atoms with Crippen LogP contribution in [-0.2, 0) is 4.79 Å². The highest BCUT2D eigenvalue weighted by Crippen LogP contribution is 2.28. The van der Waals surface area contributed by atoms with Gasteiger partial charge >= 0.3 is 0 Å². The van der Waals surface area contributed by atoms with E-state index in [-0.39, 0.29) is 17.0 Å². The van der Waals surface area contributed by atoms with E-state index in [2.05, 4.69) is 35.1 Å². The molecule has 1 rings (SSSR count). The quantitative estimate of drug-likeness (QED) is 0.835. The van der Waals surface area contributed by atoms with E-state index in [1.807, 2.05) is 0 Å². The minimum atomic E-state index is -0.441. The number of carbonyl (C=O) groups is 1. The molecule has 3 N–H and O–H groups in total. The van der Waals surface area contributed by atoms with Crippen LogP contribution in [0.3, 0.4) is 0 Å². The second-order valence-electron chi connectivity index (χ2n) is 5.35. The maximum absolute atomic E-state index is 13.5. The number of hydrogen-bond donors (Lipinski definition) is 2. The van der Waals surface area contributed by atoms with Crippen LogP contribution in [0.4, 0.5) is 10.1 Å². The van der Waals surface area contributed by atoms with Crippen molar-refractivity contribution in [2.75, 3.05) is 11.9 Å². The molecule has 0 fully saturated rings. The Kier molecular flexibility index (Phi) is 5.94. The molecule has 0 aromatic heterocycles. The van der Waals surface area contributed by atoms with E-state index in [0.29, 0.717) is 17.4 Å². The van der Waals surface area contributed by atoms with Gasteiger partial charge in [0, 0.05) is 10.9 Å². The largest absolute Gasteiger partial charge is 0.330 e. The van der Waals surface area contributed by atoms with Crippen LogP contribution in [0.15, 0.2) is 22.7 Å². The van der Waals surface area contributed by atoms with E-state index < -0.39 is 5.82 Å². The number of para-hydroxylation sites is 1.